The fraction of sp³-hybridized carbons (Fsp3) is 0.375. The molecule has 0 bridgehead atoms. The van der Waals surface area contributed by atoms with Crippen LogP contribution in [-0.2, 0) is 16.4 Å². The summed E-state index contributed by atoms with van der Waals surface area (Å²) >= 11 is 0. The molecular weight excluding hydrogens is 369 g/mol. The lowest BCUT2D eigenvalue weighted by molar-refractivity contribution is 0.378. The summed E-state index contributed by atoms with van der Waals surface area (Å²) in [5, 5.41) is 0. The van der Waals surface area contributed by atoms with Gasteiger partial charge in [0, 0.05) is 26.2 Å². The van der Waals surface area contributed by atoms with Crippen LogP contribution in [0.1, 0.15) is 12.6 Å². The number of aryl methyl sites for hydroxylation is 1. The molecule has 0 saturated carbocycles. The Hall–Kier alpha value is -2.20. The summed E-state index contributed by atoms with van der Waals surface area (Å²) in [4.78, 5) is 8.73. The fourth-order valence-electron chi connectivity index (χ4n) is 2.82. The summed E-state index contributed by atoms with van der Waals surface area (Å²) in [6.07, 6.45) is 1.68. The molecular formula is C16H17F3N4O2S. The Morgan fingerprint density at radius 3 is 2.42 bits per heavy atom. The Balaban J connectivity index is 1.79. The summed E-state index contributed by atoms with van der Waals surface area (Å²) in [6.45, 7) is 2.13. The molecule has 0 N–H and O–H groups in total. The van der Waals surface area contributed by atoms with E-state index in [1.165, 1.54) is 6.33 Å². The maximum absolute atomic E-state index is 14.4. The normalized spacial score (nSPS) is 16.1. The number of sulfonamides is 1. The molecule has 6 nitrogen and oxygen atoms in total. The van der Waals surface area contributed by atoms with E-state index in [0.29, 0.717) is 12.5 Å². The predicted molar refractivity (Wildman–Crippen MR) is 88.7 cm³/mol. The predicted octanol–water partition coefficient (Wildman–Crippen LogP) is 1.97. The van der Waals surface area contributed by atoms with E-state index < -0.39 is 32.4 Å². The molecule has 140 valence electrons. The average molecular weight is 386 g/mol. The lowest BCUT2D eigenvalue weighted by Crippen LogP contribution is -2.49. The molecule has 2 heterocycles. The molecule has 1 aliphatic rings. The fourth-order valence-corrected chi connectivity index (χ4v) is 4.32. The van der Waals surface area contributed by atoms with E-state index in [0.717, 1.165) is 16.4 Å². The van der Waals surface area contributed by atoms with Crippen LogP contribution in [-0.4, -0.2) is 48.9 Å². The van der Waals surface area contributed by atoms with Gasteiger partial charge >= 0.3 is 0 Å². The molecule has 1 fully saturated rings. The molecule has 3 rings (SSSR count). The number of rotatable bonds is 4. The zero-order valence-electron chi connectivity index (χ0n) is 14.0. The molecule has 0 unspecified atom stereocenters. The van der Waals surface area contributed by atoms with E-state index in [9.17, 15) is 21.6 Å². The SMILES string of the molecule is CCc1ncnc(N2CCN(S(=O)(=O)c3cc(F)ccc3F)CC2)c1F. The number of anilines is 1. The lowest BCUT2D eigenvalue weighted by atomic mass is 10.2. The zero-order chi connectivity index (χ0) is 18.9. The van der Waals surface area contributed by atoms with Gasteiger partial charge in [-0.3, -0.25) is 0 Å². The third-order valence-electron chi connectivity index (χ3n) is 4.23. The van der Waals surface area contributed by atoms with Gasteiger partial charge in [-0.15, -0.1) is 0 Å². The highest BCUT2D eigenvalue weighted by Crippen LogP contribution is 2.24. The minimum absolute atomic E-state index is 0.00316. The number of benzene rings is 1. The molecule has 0 amide bonds. The summed E-state index contributed by atoms with van der Waals surface area (Å²) < 4.78 is 67.7. The summed E-state index contributed by atoms with van der Waals surface area (Å²) in [6, 6.07) is 2.30. The number of halogens is 3. The van der Waals surface area contributed by atoms with Gasteiger partial charge in [-0.25, -0.2) is 31.6 Å². The second-order valence-corrected chi connectivity index (χ2v) is 7.68. The Morgan fingerprint density at radius 2 is 1.77 bits per heavy atom. The van der Waals surface area contributed by atoms with Crippen molar-refractivity contribution in [3.8, 4) is 0 Å². The highest BCUT2D eigenvalue weighted by atomic mass is 32.2. The second kappa shape index (κ2) is 7.20. The van der Waals surface area contributed by atoms with Crippen molar-refractivity contribution in [1.29, 1.82) is 0 Å². The van der Waals surface area contributed by atoms with E-state index in [4.69, 9.17) is 0 Å². The monoisotopic (exact) mass is 386 g/mol. The Morgan fingerprint density at radius 1 is 1.08 bits per heavy atom. The molecule has 0 aliphatic carbocycles. The average Bonchev–Trinajstić information content (AvgIpc) is 2.64. The molecule has 0 radical (unpaired) electrons. The van der Waals surface area contributed by atoms with Crippen molar-refractivity contribution in [1.82, 2.24) is 14.3 Å². The summed E-state index contributed by atoms with van der Waals surface area (Å²) in [5.41, 5.74) is 0.284. The van der Waals surface area contributed by atoms with Crippen LogP contribution >= 0.6 is 0 Å². The van der Waals surface area contributed by atoms with E-state index in [1.807, 2.05) is 0 Å². The van der Waals surface area contributed by atoms with E-state index in [1.54, 1.807) is 11.8 Å². The summed E-state index contributed by atoms with van der Waals surface area (Å²) in [5.74, 6) is -2.25. The van der Waals surface area contributed by atoms with Gasteiger partial charge in [-0.1, -0.05) is 6.92 Å². The van der Waals surface area contributed by atoms with Gasteiger partial charge in [-0.05, 0) is 24.6 Å². The van der Waals surface area contributed by atoms with Gasteiger partial charge in [0.15, 0.2) is 11.6 Å². The van der Waals surface area contributed by atoms with E-state index in [2.05, 4.69) is 9.97 Å². The van der Waals surface area contributed by atoms with Crippen LogP contribution in [0.3, 0.4) is 0 Å². The number of piperazine rings is 1. The van der Waals surface area contributed by atoms with Crippen molar-refractivity contribution in [2.24, 2.45) is 0 Å². The van der Waals surface area contributed by atoms with Crippen LogP contribution in [0, 0.1) is 17.5 Å². The Kier molecular flexibility index (Phi) is 5.15. The molecule has 1 aliphatic heterocycles. The van der Waals surface area contributed by atoms with Crippen LogP contribution in [0.25, 0.3) is 0 Å². The standard InChI is InChI=1S/C16H17F3N4O2S/c1-2-13-15(19)16(21-10-20-13)22-5-7-23(8-6-22)26(24,25)14-9-11(17)3-4-12(14)18/h3-4,9-10H,2,5-8H2,1H3. The third-order valence-corrected chi connectivity index (χ3v) is 6.14. The molecule has 1 aromatic carbocycles. The van der Waals surface area contributed by atoms with Crippen molar-refractivity contribution in [3.63, 3.8) is 0 Å². The van der Waals surface area contributed by atoms with Gasteiger partial charge < -0.3 is 4.90 Å². The number of hydrogen-bond donors (Lipinski definition) is 0. The minimum Gasteiger partial charge on any atom is -0.351 e. The van der Waals surface area contributed by atoms with E-state index in [-0.39, 0.29) is 37.7 Å². The first-order valence-corrected chi connectivity index (χ1v) is 9.48. The van der Waals surface area contributed by atoms with Crippen molar-refractivity contribution < 1.29 is 21.6 Å². The van der Waals surface area contributed by atoms with Gasteiger partial charge in [0.2, 0.25) is 10.0 Å². The first-order chi connectivity index (χ1) is 12.3. The van der Waals surface area contributed by atoms with Gasteiger partial charge in [0.05, 0.1) is 5.69 Å². The number of aromatic nitrogens is 2. The summed E-state index contributed by atoms with van der Waals surface area (Å²) in [7, 11) is -4.18. The molecule has 2 aromatic rings. The topological polar surface area (TPSA) is 66.4 Å². The number of hydrogen-bond acceptors (Lipinski definition) is 5. The highest BCUT2D eigenvalue weighted by Gasteiger charge is 2.32. The minimum atomic E-state index is -4.18. The van der Waals surface area contributed by atoms with Crippen molar-refractivity contribution in [2.75, 3.05) is 31.1 Å². The smallest absolute Gasteiger partial charge is 0.246 e. The first kappa shape index (κ1) is 18.6. The van der Waals surface area contributed by atoms with Gasteiger partial charge in [0.1, 0.15) is 22.9 Å². The molecule has 26 heavy (non-hydrogen) atoms. The second-order valence-electron chi connectivity index (χ2n) is 5.78. The largest absolute Gasteiger partial charge is 0.351 e. The van der Waals surface area contributed by atoms with Crippen molar-refractivity contribution in [2.45, 2.75) is 18.2 Å². The van der Waals surface area contributed by atoms with E-state index >= 15 is 0 Å². The Bertz CT molecular complexity index is 916. The van der Waals surface area contributed by atoms with Crippen LogP contribution in [0.4, 0.5) is 19.0 Å². The number of nitrogens with zero attached hydrogens (tertiary/aromatic N) is 4. The van der Waals surface area contributed by atoms with Crippen molar-refractivity contribution in [3.05, 3.63) is 47.7 Å². The molecule has 10 heteroatoms. The van der Waals surface area contributed by atoms with Crippen LogP contribution in [0.15, 0.2) is 29.4 Å². The highest BCUT2D eigenvalue weighted by molar-refractivity contribution is 7.89. The zero-order valence-corrected chi connectivity index (χ0v) is 14.8. The quantitative estimate of drug-likeness (QED) is 0.804. The molecule has 1 aromatic heterocycles. The lowest BCUT2D eigenvalue weighted by Gasteiger charge is -2.34. The van der Waals surface area contributed by atoms with Crippen LogP contribution in [0.2, 0.25) is 0 Å². The van der Waals surface area contributed by atoms with Crippen LogP contribution in [0.5, 0.6) is 0 Å². The molecule has 1 saturated heterocycles. The third kappa shape index (κ3) is 3.38. The molecule has 0 spiro atoms. The maximum atomic E-state index is 14.4. The van der Waals surface area contributed by atoms with Gasteiger partial charge in [0.25, 0.3) is 0 Å². The maximum Gasteiger partial charge on any atom is 0.246 e. The first-order valence-electron chi connectivity index (χ1n) is 8.04. The Labute approximate surface area is 149 Å². The molecule has 0 atom stereocenters. The van der Waals surface area contributed by atoms with Crippen molar-refractivity contribution >= 4 is 15.8 Å². The van der Waals surface area contributed by atoms with Crippen LogP contribution < -0.4 is 4.90 Å². The van der Waals surface area contributed by atoms with Gasteiger partial charge in [-0.2, -0.15) is 4.31 Å².